The molecule has 7 aromatic rings. The smallest absolute Gasteiger partial charge is 0.156 e. The molecule has 0 aliphatic rings. The second-order valence-corrected chi connectivity index (χ2v) is 10.2. The quantitative estimate of drug-likeness (QED) is 0.202. The Balaban J connectivity index is 1.42. The van der Waals surface area contributed by atoms with Crippen molar-refractivity contribution in [1.82, 2.24) is 9.97 Å². The van der Waals surface area contributed by atoms with Gasteiger partial charge in [-0.15, -0.1) is 0 Å². The van der Waals surface area contributed by atoms with E-state index in [9.17, 15) is 8.78 Å². The minimum Gasteiger partial charge on any atom is -0.294 e. The first-order chi connectivity index (χ1) is 21.1. The number of nitrogens with zero attached hydrogens (tertiary/aromatic N) is 3. The lowest BCUT2D eigenvalue weighted by Crippen LogP contribution is -2.12. The molecule has 0 atom stereocenters. The first kappa shape index (κ1) is 26.2. The average molecular weight is 562 g/mol. The lowest BCUT2D eigenvalue weighted by atomic mass is 9.97. The third-order valence-electron chi connectivity index (χ3n) is 7.37. The Morgan fingerprint density at radius 1 is 0.465 bits per heavy atom. The molecular weight excluding hydrogens is 536 g/mol. The number of para-hydroxylation sites is 1. The van der Waals surface area contributed by atoms with Gasteiger partial charge < -0.3 is 0 Å². The summed E-state index contributed by atoms with van der Waals surface area (Å²) in [6.45, 7) is 0. The highest BCUT2D eigenvalue weighted by molar-refractivity contribution is 5.96. The molecule has 7 rings (SSSR count). The van der Waals surface area contributed by atoms with Crippen LogP contribution in [0.15, 0.2) is 152 Å². The van der Waals surface area contributed by atoms with Crippen LogP contribution >= 0.6 is 0 Å². The standard InChI is InChI=1S/C38H25F2N3/c39-31-19-29(20-32(40)24-31)28-15-10-18-34(21-28)43(33-16-8-3-9-17-33)37-25-41-36-23-30(26-11-4-1-5-12-26)22-35(38(36)42-37)27-13-6-2-7-14-27/h1-25H. The topological polar surface area (TPSA) is 29.0 Å². The molecule has 0 bridgehead atoms. The number of benzene rings is 6. The van der Waals surface area contributed by atoms with Gasteiger partial charge in [0.05, 0.1) is 17.2 Å². The fraction of sp³-hybridized carbons (Fsp3) is 0. The van der Waals surface area contributed by atoms with Gasteiger partial charge in [0, 0.05) is 23.0 Å². The third-order valence-corrected chi connectivity index (χ3v) is 7.37. The van der Waals surface area contributed by atoms with Gasteiger partial charge in [0.1, 0.15) is 11.6 Å². The highest BCUT2D eigenvalue weighted by atomic mass is 19.1. The van der Waals surface area contributed by atoms with E-state index in [4.69, 9.17) is 9.97 Å². The zero-order chi connectivity index (χ0) is 29.2. The number of hydrogen-bond acceptors (Lipinski definition) is 3. The van der Waals surface area contributed by atoms with Crippen LogP contribution in [-0.2, 0) is 0 Å². The van der Waals surface area contributed by atoms with Crippen molar-refractivity contribution < 1.29 is 8.78 Å². The Labute approximate surface area is 248 Å². The van der Waals surface area contributed by atoms with Crippen molar-refractivity contribution in [3.8, 4) is 33.4 Å². The second-order valence-electron chi connectivity index (χ2n) is 10.2. The molecule has 0 unspecified atom stereocenters. The molecule has 0 amide bonds. The van der Waals surface area contributed by atoms with Crippen molar-refractivity contribution in [3.05, 3.63) is 163 Å². The Bertz CT molecular complexity index is 2030. The lowest BCUT2D eigenvalue weighted by molar-refractivity contribution is 0.584. The van der Waals surface area contributed by atoms with Gasteiger partial charge in [-0.25, -0.2) is 13.8 Å². The van der Waals surface area contributed by atoms with Crippen LogP contribution in [0.4, 0.5) is 26.0 Å². The van der Waals surface area contributed by atoms with Crippen LogP contribution in [0.3, 0.4) is 0 Å². The summed E-state index contributed by atoms with van der Waals surface area (Å²) < 4.78 is 28.2. The molecule has 43 heavy (non-hydrogen) atoms. The molecule has 1 heterocycles. The molecular formula is C38H25F2N3. The van der Waals surface area contributed by atoms with E-state index < -0.39 is 11.6 Å². The van der Waals surface area contributed by atoms with E-state index in [-0.39, 0.29) is 0 Å². The fourth-order valence-corrected chi connectivity index (χ4v) is 5.38. The molecule has 0 saturated carbocycles. The second kappa shape index (κ2) is 11.3. The summed E-state index contributed by atoms with van der Waals surface area (Å²) in [5, 5.41) is 0. The average Bonchev–Trinajstić information content (AvgIpc) is 3.05. The van der Waals surface area contributed by atoms with E-state index >= 15 is 0 Å². The summed E-state index contributed by atoms with van der Waals surface area (Å²) in [7, 11) is 0. The molecule has 0 saturated heterocycles. The van der Waals surface area contributed by atoms with Gasteiger partial charge in [0.15, 0.2) is 5.82 Å². The first-order valence-electron chi connectivity index (χ1n) is 14.0. The van der Waals surface area contributed by atoms with Gasteiger partial charge in [-0.2, -0.15) is 0 Å². The van der Waals surface area contributed by atoms with E-state index in [1.165, 1.54) is 12.1 Å². The van der Waals surface area contributed by atoms with Gasteiger partial charge in [0.2, 0.25) is 0 Å². The summed E-state index contributed by atoms with van der Waals surface area (Å²) in [5.74, 6) is -0.626. The number of anilines is 3. The van der Waals surface area contributed by atoms with E-state index in [1.54, 1.807) is 6.20 Å². The number of fused-ring (bicyclic) bond motifs is 1. The zero-order valence-electron chi connectivity index (χ0n) is 23.0. The van der Waals surface area contributed by atoms with E-state index in [1.807, 2.05) is 95.9 Å². The van der Waals surface area contributed by atoms with Crippen molar-refractivity contribution in [2.24, 2.45) is 0 Å². The molecule has 0 spiro atoms. The minimum absolute atomic E-state index is 0.455. The summed E-state index contributed by atoms with van der Waals surface area (Å²) in [4.78, 5) is 12.1. The molecule has 5 heteroatoms. The van der Waals surface area contributed by atoms with Gasteiger partial charge in [-0.1, -0.05) is 91.0 Å². The molecule has 0 radical (unpaired) electrons. The van der Waals surface area contributed by atoms with Crippen molar-refractivity contribution in [3.63, 3.8) is 0 Å². The van der Waals surface area contributed by atoms with Crippen LogP contribution in [0.1, 0.15) is 0 Å². The Morgan fingerprint density at radius 3 is 1.74 bits per heavy atom. The lowest BCUT2D eigenvalue weighted by Gasteiger charge is -2.25. The SMILES string of the molecule is Fc1cc(F)cc(-c2cccc(N(c3ccccc3)c3cnc4cc(-c5ccccc5)cc(-c5ccccc5)c4n3)c2)c1. The van der Waals surface area contributed by atoms with Crippen molar-refractivity contribution >= 4 is 28.2 Å². The van der Waals surface area contributed by atoms with Crippen molar-refractivity contribution in [2.45, 2.75) is 0 Å². The van der Waals surface area contributed by atoms with Gasteiger partial charge in [-0.3, -0.25) is 9.88 Å². The first-order valence-corrected chi connectivity index (χ1v) is 14.0. The molecule has 0 fully saturated rings. The molecule has 0 aliphatic carbocycles. The van der Waals surface area contributed by atoms with Crippen LogP contribution in [0.2, 0.25) is 0 Å². The number of rotatable bonds is 6. The normalized spacial score (nSPS) is 11.0. The summed E-state index contributed by atoms with van der Waals surface area (Å²) in [6, 6.07) is 45.7. The number of halogens is 2. The minimum atomic E-state index is -0.621. The van der Waals surface area contributed by atoms with Crippen LogP contribution in [0.25, 0.3) is 44.4 Å². The van der Waals surface area contributed by atoms with E-state index in [2.05, 4.69) is 36.4 Å². The molecule has 0 aliphatic heterocycles. The molecule has 0 N–H and O–H groups in total. The van der Waals surface area contributed by atoms with E-state index in [0.717, 1.165) is 50.7 Å². The predicted octanol–water partition coefficient (Wildman–Crippen LogP) is 10.4. The van der Waals surface area contributed by atoms with Gasteiger partial charge in [0.25, 0.3) is 0 Å². The van der Waals surface area contributed by atoms with Crippen LogP contribution in [0.5, 0.6) is 0 Å². The molecule has 6 aromatic carbocycles. The molecule has 206 valence electrons. The Kier molecular flexibility index (Phi) is 6.89. The maximum Gasteiger partial charge on any atom is 0.156 e. The van der Waals surface area contributed by atoms with E-state index in [0.29, 0.717) is 16.9 Å². The Hall–Kier alpha value is -5.68. The highest BCUT2D eigenvalue weighted by Gasteiger charge is 2.18. The van der Waals surface area contributed by atoms with Gasteiger partial charge >= 0.3 is 0 Å². The fourth-order valence-electron chi connectivity index (χ4n) is 5.38. The maximum absolute atomic E-state index is 14.1. The summed E-state index contributed by atoms with van der Waals surface area (Å²) in [5.41, 5.74) is 8.52. The van der Waals surface area contributed by atoms with Crippen LogP contribution < -0.4 is 4.90 Å². The van der Waals surface area contributed by atoms with Gasteiger partial charge in [-0.05, 0) is 76.3 Å². The van der Waals surface area contributed by atoms with Crippen molar-refractivity contribution in [1.29, 1.82) is 0 Å². The molecule has 3 nitrogen and oxygen atoms in total. The van der Waals surface area contributed by atoms with Crippen LogP contribution in [0, 0.1) is 11.6 Å². The van der Waals surface area contributed by atoms with Crippen LogP contribution in [-0.4, -0.2) is 9.97 Å². The monoisotopic (exact) mass is 561 g/mol. The third kappa shape index (κ3) is 5.36. The maximum atomic E-state index is 14.1. The number of hydrogen-bond donors (Lipinski definition) is 0. The Morgan fingerprint density at radius 2 is 1.05 bits per heavy atom. The summed E-state index contributed by atoms with van der Waals surface area (Å²) in [6.07, 6.45) is 1.77. The predicted molar refractivity (Wildman–Crippen MR) is 170 cm³/mol. The number of aromatic nitrogens is 2. The largest absolute Gasteiger partial charge is 0.294 e. The zero-order valence-corrected chi connectivity index (χ0v) is 23.0. The molecule has 1 aromatic heterocycles. The highest BCUT2D eigenvalue weighted by Crippen LogP contribution is 2.38. The summed E-state index contributed by atoms with van der Waals surface area (Å²) >= 11 is 0. The van der Waals surface area contributed by atoms with Crippen molar-refractivity contribution in [2.75, 3.05) is 4.90 Å².